The Morgan fingerprint density at radius 3 is 2.82 bits per heavy atom. The summed E-state index contributed by atoms with van der Waals surface area (Å²) in [6.45, 7) is 1.43. The van der Waals surface area contributed by atoms with Crippen LogP contribution in [0.1, 0.15) is 22.5 Å². The third-order valence-electron chi connectivity index (χ3n) is 5.94. The monoisotopic (exact) mass is 471 g/mol. The third kappa shape index (κ3) is 3.75. The van der Waals surface area contributed by atoms with E-state index in [0.717, 1.165) is 10.7 Å². The fraction of sp³-hybridized carbons (Fsp3) is 0.273. The summed E-state index contributed by atoms with van der Waals surface area (Å²) < 4.78 is 44.5. The van der Waals surface area contributed by atoms with Crippen molar-refractivity contribution in [1.29, 1.82) is 0 Å². The number of halogens is 3. The molecule has 0 spiro atoms. The molecule has 0 saturated carbocycles. The van der Waals surface area contributed by atoms with Gasteiger partial charge in [-0.25, -0.2) is 18.3 Å². The van der Waals surface area contributed by atoms with E-state index in [0.29, 0.717) is 25.1 Å². The van der Waals surface area contributed by atoms with Crippen molar-refractivity contribution >= 4 is 28.1 Å². The minimum absolute atomic E-state index is 0.0152. The first-order valence-corrected chi connectivity index (χ1v) is 10.6. The standard InChI is InChI=1S/C22H20F3N7O2/c1-26-21(33)15-4-3-14(20(25)29-15)28-12-6-7-31(10-12)9-11-2-5-16-18(17(11)24)30-22(34)19-13(23)8-27-32(16)19/h2-5,8,12,28H,6-7,9-10H2,1H3,(H,26,33)(H,30,34)/t12-/m1/s1. The molecule has 3 aromatic heterocycles. The Morgan fingerprint density at radius 1 is 1.24 bits per heavy atom. The van der Waals surface area contributed by atoms with Crippen LogP contribution in [0.5, 0.6) is 0 Å². The second-order valence-electron chi connectivity index (χ2n) is 8.12. The Bertz CT molecular complexity index is 1480. The maximum Gasteiger partial charge on any atom is 0.277 e. The summed E-state index contributed by atoms with van der Waals surface area (Å²) in [4.78, 5) is 31.9. The molecule has 1 aliphatic heterocycles. The van der Waals surface area contributed by atoms with Crippen molar-refractivity contribution in [3.8, 4) is 0 Å². The average Bonchev–Trinajstić information content (AvgIpc) is 3.43. The average molecular weight is 471 g/mol. The van der Waals surface area contributed by atoms with E-state index in [2.05, 4.69) is 25.7 Å². The van der Waals surface area contributed by atoms with Crippen molar-refractivity contribution in [1.82, 2.24) is 29.8 Å². The highest BCUT2D eigenvalue weighted by Gasteiger charge is 2.25. The van der Waals surface area contributed by atoms with Gasteiger partial charge in [0.2, 0.25) is 5.95 Å². The lowest BCUT2D eigenvalue weighted by Crippen LogP contribution is -2.27. The number of pyridine rings is 1. The Hall–Kier alpha value is -3.93. The second kappa shape index (κ2) is 8.45. The van der Waals surface area contributed by atoms with E-state index in [1.54, 1.807) is 12.1 Å². The van der Waals surface area contributed by atoms with Crippen molar-refractivity contribution in [3.63, 3.8) is 0 Å². The summed E-state index contributed by atoms with van der Waals surface area (Å²) in [5, 5.41) is 9.31. The summed E-state index contributed by atoms with van der Waals surface area (Å²) in [6, 6.07) is 5.97. The molecular formula is C22H20F3N7O2. The fourth-order valence-corrected chi connectivity index (χ4v) is 4.27. The van der Waals surface area contributed by atoms with Crippen molar-refractivity contribution in [2.75, 3.05) is 25.5 Å². The van der Waals surface area contributed by atoms with Crippen LogP contribution in [0.25, 0.3) is 16.6 Å². The van der Waals surface area contributed by atoms with E-state index in [9.17, 15) is 18.4 Å². The fourth-order valence-electron chi connectivity index (χ4n) is 4.27. The van der Waals surface area contributed by atoms with Crippen LogP contribution >= 0.6 is 0 Å². The summed E-state index contributed by atoms with van der Waals surface area (Å²) in [6.07, 6.45) is 1.60. The first-order valence-electron chi connectivity index (χ1n) is 10.6. The van der Waals surface area contributed by atoms with Crippen molar-refractivity contribution in [2.24, 2.45) is 0 Å². The van der Waals surface area contributed by atoms with Gasteiger partial charge in [-0.3, -0.25) is 14.5 Å². The number of amides is 1. The van der Waals surface area contributed by atoms with Crippen LogP contribution in [0.3, 0.4) is 0 Å². The van der Waals surface area contributed by atoms with Crippen LogP contribution in [0, 0.1) is 17.6 Å². The van der Waals surface area contributed by atoms with E-state index >= 15 is 4.39 Å². The van der Waals surface area contributed by atoms with Crippen molar-refractivity contribution in [2.45, 2.75) is 19.0 Å². The molecule has 4 aromatic rings. The molecule has 0 unspecified atom stereocenters. The summed E-state index contributed by atoms with van der Waals surface area (Å²) in [7, 11) is 1.44. The highest BCUT2D eigenvalue weighted by molar-refractivity contribution is 5.92. The quantitative estimate of drug-likeness (QED) is 0.385. The van der Waals surface area contributed by atoms with Gasteiger partial charge in [0.05, 0.1) is 17.4 Å². The molecule has 0 radical (unpaired) electrons. The van der Waals surface area contributed by atoms with Crippen LogP contribution in [0.2, 0.25) is 0 Å². The van der Waals surface area contributed by atoms with Crippen LogP contribution < -0.4 is 16.2 Å². The van der Waals surface area contributed by atoms with E-state index < -0.39 is 29.0 Å². The Kier molecular flexibility index (Phi) is 5.44. The topological polar surface area (TPSA) is 107 Å². The molecule has 1 amide bonds. The molecule has 1 fully saturated rings. The third-order valence-corrected chi connectivity index (χ3v) is 5.94. The number of fused-ring (bicyclic) bond motifs is 3. The van der Waals surface area contributed by atoms with Crippen LogP contribution in [-0.4, -0.2) is 56.6 Å². The molecule has 12 heteroatoms. The number of anilines is 1. The zero-order valence-corrected chi connectivity index (χ0v) is 18.0. The maximum atomic E-state index is 15.2. The van der Waals surface area contributed by atoms with Gasteiger partial charge in [-0.1, -0.05) is 6.07 Å². The number of carbonyl (C=O) groups excluding carboxylic acids is 1. The molecule has 3 N–H and O–H groups in total. The maximum absolute atomic E-state index is 15.2. The van der Waals surface area contributed by atoms with E-state index in [1.807, 2.05) is 4.90 Å². The molecule has 9 nitrogen and oxygen atoms in total. The van der Waals surface area contributed by atoms with Crippen molar-refractivity contribution < 1.29 is 18.0 Å². The number of benzene rings is 1. The smallest absolute Gasteiger partial charge is 0.277 e. The van der Waals surface area contributed by atoms with Crippen LogP contribution in [-0.2, 0) is 6.54 Å². The molecule has 4 heterocycles. The number of hydrogen-bond acceptors (Lipinski definition) is 6. The number of H-pyrrole nitrogens is 1. The molecule has 176 valence electrons. The number of hydrogen-bond donors (Lipinski definition) is 3. The molecule has 1 aromatic carbocycles. The highest BCUT2D eigenvalue weighted by atomic mass is 19.1. The van der Waals surface area contributed by atoms with Crippen LogP contribution in [0.4, 0.5) is 18.9 Å². The van der Waals surface area contributed by atoms with Gasteiger partial charge in [0.15, 0.2) is 17.2 Å². The van der Waals surface area contributed by atoms with Gasteiger partial charge in [0, 0.05) is 38.3 Å². The predicted molar refractivity (Wildman–Crippen MR) is 118 cm³/mol. The number of nitrogens with zero attached hydrogens (tertiary/aromatic N) is 4. The second-order valence-corrected chi connectivity index (χ2v) is 8.12. The predicted octanol–water partition coefficient (Wildman–Crippen LogP) is 2.03. The number of rotatable bonds is 5. The van der Waals surface area contributed by atoms with Crippen molar-refractivity contribution in [3.05, 3.63) is 69.7 Å². The molecule has 34 heavy (non-hydrogen) atoms. The molecular weight excluding hydrogens is 451 g/mol. The molecule has 1 aliphatic rings. The Labute approximate surface area is 190 Å². The van der Waals surface area contributed by atoms with E-state index in [1.165, 1.54) is 19.2 Å². The first kappa shape index (κ1) is 21.9. The normalized spacial score (nSPS) is 16.4. The zero-order chi connectivity index (χ0) is 24.0. The van der Waals surface area contributed by atoms with Crippen LogP contribution in [0.15, 0.2) is 35.3 Å². The number of likely N-dealkylation sites (tertiary alicyclic amines) is 1. The molecule has 1 saturated heterocycles. The van der Waals surface area contributed by atoms with Gasteiger partial charge < -0.3 is 15.6 Å². The SMILES string of the molecule is CNC(=O)c1ccc(N[C@@H]2CCN(Cc3ccc4c([nH]c(=O)c5c(F)cnn54)c3F)C2)c(F)n1. The van der Waals surface area contributed by atoms with E-state index in [4.69, 9.17) is 0 Å². The van der Waals surface area contributed by atoms with Gasteiger partial charge >= 0.3 is 0 Å². The Morgan fingerprint density at radius 2 is 2.06 bits per heavy atom. The summed E-state index contributed by atoms with van der Waals surface area (Å²) in [5.41, 5.74) is -0.290. The number of carbonyl (C=O) groups is 1. The number of aromatic amines is 1. The summed E-state index contributed by atoms with van der Waals surface area (Å²) >= 11 is 0. The lowest BCUT2D eigenvalue weighted by atomic mass is 10.1. The lowest BCUT2D eigenvalue weighted by molar-refractivity contribution is 0.0957. The number of nitrogens with one attached hydrogen (secondary N) is 3. The molecule has 1 atom stereocenters. The minimum atomic E-state index is -0.779. The van der Waals surface area contributed by atoms with Gasteiger partial charge in [-0.05, 0) is 24.6 Å². The molecule has 0 aliphatic carbocycles. The van der Waals surface area contributed by atoms with Gasteiger partial charge in [-0.15, -0.1) is 0 Å². The lowest BCUT2D eigenvalue weighted by Gasteiger charge is -2.18. The van der Waals surface area contributed by atoms with Gasteiger partial charge in [0.1, 0.15) is 11.2 Å². The zero-order valence-electron chi connectivity index (χ0n) is 18.0. The number of aromatic nitrogens is 4. The van der Waals surface area contributed by atoms with E-state index in [-0.39, 0.29) is 40.5 Å². The minimum Gasteiger partial charge on any atom is -0.377 e. The van der Waals surface area contributed by atoms with Gasteiger partial charge in [0.25, 0.3) is 11.5 Å². The Balaban J connectivity index is 1.32. The molecule has 0 bridgehead atoms. The molecule has 5 rings (SSSR count). The summed E-state index contributed by atoms with van der Waals surface area (Å²) in [5.74, 6) is -2.64. The first-order chi connectivity index (χ1) is 16.4. The highest BCUT2D eigenvalue weighted by Crippen LogP contribution is 2.24. The van der Waals surface area contributed by atoms with Gasteiger partial charge in [-0.2, -0.15) is 9.49 Å². The largest absolute Gasteiger partial charge is 0.377 e.